The Morgan fingerprint density at radius 1 is 1.14 bits per heavy atom. The molecule has 1 saturated heterocycles. The molecule has 6 nitrogen and oxygen atoms in total. The molecular weight excluding hydrogens is 465 g/mol. The van der Waals surface area contributed by atoms with Gasteiger partial charge in [-0.1, -0.05) is 26.0 Å². The summed E-state index contributed by atoms with van der Waals surface area (Å²) in [7, 11) is 1.80. The third-order valence-electron chi connectivity index (χ3n) is 5.09. The molecule has 1 aliphatic heterocycles. The van der Waals surface area contributed by atoms with Crippen LogP contribution in [0, 0.1) is 0 Å². The fraction of sp³-hybridized carbons (Fsp3) is 0.619. The molecule has 1 aromatic carbocycles. The average Bonchev–Trinajstić information content (AvgIpc) is 3.13. The van der Waals surface area contributed by atoms with E-state index >= 15 is 0 Å². The first-order chi connectivity index (χ1) is 13.2. The van der Waals surface area contributed by atoms with Crippen LogP contribution in [-0.4, -0.2) is 56.5 Å². The van der Waals surface area contributed by atoms with Crippen molar-refractivity contribution >= 4 is 41.5 Å². The van der Waals surface area contributed by atoms with Crippen molar-refractivity contribution in [3.63, 3.8) is 0 Å². The van der Waals surface area contributed by atoms with E-state index in [2.05, 4.69) is 46.5 Å². The number of nitrogens with one attached hydrogen (secondary N) is 2. The maximum Gasteiger partial charge on any atom is 0.227 e. The monoisotopic (exact) mass is 501 g/mol. The van der Waals surface area contributed by atoms with Crippen molar-refractivity contribution in [2.75, 3.05) is 44.7 Å². The zero-order chi connectivity index (χ0) is 19.5. The number of nitrogens with zero attached hydrogens (tertiary/aromatic N) is 3. The lowest BCUT2D eigenvalue weighted by atomic mass is 10.2. The molecule has 0 atom stereocenters. The van der Waals surface area contributed by atoms with Gasteiger partial charge in [0.05, 0.1) is 0 Å². The minimum absolute atomic E-state index is 0. The van der Waals surface area contributed by atoms with E-state index in [1.807, 2.05) is 17.0 Å². The Morgan fingerprint density at radius 3 is 2.43 bits per heavy atom. The minimum Gasteiger partial charge on any atom is -0.356 e. The van der Waals surface area contributed by atoms with Gasteiger partial charge < -0.3 is 20.4 Å². The van der Waals surface area contributed by atoms with Crippen molar-refractivity contribution in [3.05, 3.63) is 29.8 Å². The van der Waals surface area contributed by atoms with E-state index in [9.17, 15) is 4.79 Å². The van der Waals surface area contributed by atoms with E-state index < -0.39 is 0 Å². The highest BCUT2D eigenvalue weighted by Gasteiger charge is 2.21. The largest absolute Gasteiger partial charge is 0.356 e. The van der Waals surface area contributed by atoms with Crippen molar-refractivity contribution in [2.45, 2.75) is 46.1 Å². The Labute approximate surface area is 187 Å². The highest BCUT2D eigenvalue weighted by Crippen LogP contribution is 2.21. The van der Waals surface area contributed by atoms with Gasteiger partial charge in [-0.15, -0.1) is 24.0 Å². The molecule has 28 heavy (non-hydrogen) atoms. The first kappa shape index (κ1) is 24.7. The molecule has 2 rings (SSSR count). The lowest BCUT2D eigenvalue weighted by Crippen LogP contribution is -2.37. The Morgan fingerprint density at radius 2 is 1.86 bits per heavy atom. The SMILES string of the molecule is CCN(CC)CCCCNC(=NC)NCc1ccc(N2CCCC2=O)cc1.I. The van der Waals surface area contributed by atoms with E-state index in [0.717, 1.165) is 57.2 Å². The maximum atomic E-state index is 11.8. The quantitative estimate of drug-likeness (QED) is 0.224. The fourth-order valence-electron chi connectivity index (χ4n) is 3.33. The highest BCUT2D eigenvalue weighted by atomic mass is 127. The summed E-state index contributed by atoms with van der Waals surface area (Å²) in [5, 5.41) is 6.73. The Kier molecular flexibility index (Phi) is 12.1. The molecule has 0 saturated carbocycles. The summed E-state index contributed by atoms with van der Waals surface area (Å²) < 4.78 is 0. The van der Waals surface area contributed by atoms with Crippen LogP contribution in [0.3, 0.4) is 0 Å². The van der Waals surface area contributed by atoms with Gasteiger partial charge in [-0.3, -0.25) is 9.79 Å². The molecule has 0 spiro atoms. The second-order valence-electron chi connectivity index (χ2n) is 6.90. The van der Waals surface area contributed by atoms with Crippen LogP contribution in [0.4, 0.5) is 5.69 Å². The third-order valence-corrected chi connectivity index (χ3v) is 5.09. The molecule has 0 radical (unpaired) electrons. The third kappa shape index (κ3) is 7.95. The predicted octanol–water partition coefficient (Wildman–Crippen LogP) is 3.22. The van der Waals surface area contributed by atoms with Gasteiger partial charge in [0.2, 0.25) is 5.91 Å². The van der Waals surface area contributed by atoms with Gasteiger partial charge in [-0.25, -0.2) is 0 Å². The van der Waals surface area contributed by atoms with E-state index in [0.29, 0.717) is 13.0 Å². The van der Waals surface area contributed by atoms with E-state index in [1.54, 1.807) is 7.05 Å². The first-order valence-electron chi connectivity index (χ1n) is 10.2. The number of hydrogen-bond acceptors (Lipinski definition) is 3. The van der Waals surface area contributed by atoms with Crippen molar-refractivity contribution in [2.24, 2.45) is 4.99 Å². The van der Waals surface area contributed by atoms with E-state index in [4.69, 9.17) is 0 Å². The Balaban J connectivity index is 0.00000392. The lowest BCUT2D eigenvalue weighted by Gasteiger charge is -2.18. The van der Waals surface area contributed by atoms with Gasteiger partial charge in [0.1, 0.15) is 0 Å². The molecule has 1 fully saturated rings. The number of aliphatic imine (C=N–C) groups is 1. The number of benzene rings is 1. The molecular formula is C21H36IN5O. The summed E-state index contributed by atoms with van der Waals surface area (Å²) in [6.07, 6.45) is 3.96. The number of carbonyl (C=O) groups is 1. The van der Waals surface area contributed by atoms with Crippen LogP contribution in [0.1, 0.15) is 45.1 Å². The number of hydrogen-bond donors (Lipinski definition) is 2. The van der Waals surface area contributed by atoms with Crippen LogP contribution >= 0.6 is 24.0 Å². The van der Waals surface area contributed by atoms with Crippen LogP contribution in [0.15, 0.2) is 29.3 Å². The van der Waals surface area contributed by atoms with E-state index in [-0.39, 0.29) is 29.9 Å². The van der Waals surface area contributed by atoms with Gasteiger partial charge in [-0.2, -0.15) is 0 Å². The number of amides is 1. The maximum absolute atomic E-state index is 11.8. The Bertz CT molecular complexity index is 601. The molecule has 7 heteroatoms. The standard InChI is InChI=1S/C21H35N5O.HI/c1-4-25(5-2)15-7-6-14-23-21(22-3)24-17-18-10-12-19(13-11-18)26-16-8-9-20(26)27;/h10-13H,4-9,14-17H2,1-3H3,(H2,22,23,24);1H. The number of unbranched alkanes of at least 4 members (excludes halogenated alkanes) is 1. The second kappa shape index (κ2) is 13.8. The molecule has 1 aromatic rings. The Hall–Kier alpha value is -1.35. The van der Waals surface area contributed by atoms with Gasteiger partial charge >= 0.3 is 0 Å². The van der Waals surface area contributed by atoms with Crippen molar-refractivity contribution in [3.8, 4) is 0 Å². The molecule has 0 aliphatic carbocycles. The molecule has 1 heterocycles. The van der Waals surface area contributed by atoms with Gasteiger partial charge in [-0.05, 0) is 56.6 Å². The fourth-order valence-corrected chi connectivity index (χ4v) is 3.33. The molecule has 1 amide bonds. The predicted molar refractivity (Wildman–Crippen MR) is 129 cm³/mol. The lowest BCUT2D eigenvalue weighted by molar-refractivity contribution is -0.117. The summed E-state index contributed by atoms with van der Waals surface area (Å²) in [5.41, 5.74) is 2.17. The van der Waals surface area contributed by atoms with Crippen LogP contribution in [0.5, 0.6) is 0 Å². The summed E-state index contributed by atoms with van der Waals surface area (Å²) in [5.74, 6) is 1.06. The second-order valence-corrected chi connectivity index (χ2v) is 6.90. The number of guanidine groups is 1. The van der Waals surface area contributed by atoms with Gasteiger partial charge in [0.25, 0.3) is 0 Å². The summed E-state index contributed by atoms with van der Waals surface area (Å²) in [6, 6.07) is 8.21. The van der Waals surface area contributed by atoms with Crippen molar-refractivity contribution < 1.29 is 4.79 Å². The van der Waals surface area contributed by atoms with Crippen LogP contribution < -0.4 is 15.5 Å². The first-order valence-corrected chi connectivity index (χ1v) is 10.2. The zero-order valence-corrected chi connectivity index (χ0v) is 19.9. The summed E-state index contributed by atoms with van der Waals surface area (Å²) in [6.45, 7) is 10.3. The van der Waals surface area contributed by atoms with Crippen LogP contribution in [-0.2, 0) is 11.3 Å². The molecule has 0 aromatic heterocycles. The summed E-state index contributed by atoms with van der Waals surface area (Å²) >= 11 is 0. The average molecular weight is 501 g/mol. The van der Waals surface area contributed by atoms with Crippen molar-refractivity contribution in [1.82, 2.24) is 15.5 Å². The normalized spacial score (nSPS) is 14.4. The molecule has 2 N–H and O–H groups in total. The smallest absolute Gasteiger partial charge is 0.227 e. The van der Waals surface area contributed by atoms with Crippen molar-refractivity contribution in [1.29, 1.82) is 0 Å². The van der Waals surface area contributed by atoms with Crippen LogP contribution in [0.2, 0.25) is 0 Å². The van der Waals surface area contributed by atoms with E-state index in [1.165, 1.54) is 12.0 Å². The zero-order valence-electron chi connectivity index (χ0n) is 17.5. The van der Waals surface area contributed by atoms with Gasteiger partial charge in [0, 0.05) is 38.8 Å². The molecule has 158 valence electrons. The molecule has 0 unspecified atom stereocenters. The highest BCUT2D eigenvalue weighted by molar-refractivity contribution is 14.0. The number of anilines is 1. The topological polar surface area (TPSA) is 60.0 Å². The number of halogens is 1. The molecule has 0 bridgehead atoms. The number of carbonyl (C=O) groups excluding carboxylic acids is 1. The van der Waals surface area contributed by atoms with Gasteiger partial charge in [0.15, 0.2) is 5.96 Å². The summed E-state index contributed by atoms with van der Waals surface area (Å²) in [4.78, 5) is 20.4. The molecule has 1 aliphatic rings. The minimum atomic E-state index is 0. The number of rotatable bonds is 10. The van der Waals surface area contributed by atoms with Crippen LogP contribution in [0.25, 0.3) is 0 Å².